The zero-order valence-corrected chi connectivity index (χ0v) is 12.1. The molecule has 0 saturated carbocycles. The third-order valence-electron chi connectivity index (χ3n) is 2.73. The van der Waals surface area contributed by atoms with Gasteiger partial charge in [0, 0.05) is 11.6 Å². The first-order valence-corrected chi connectivity index (χ1v) is 7.84. The van der Waals surface area contributed by atoms with Crippen LogP contribution in [0.5, 0.6) is 0 Å². The van der Waals surface area contributed by atoms with E-state index in [-0.39, 0.29) is 11.6 Å². The van der Waals surface area contributed by atoms with Crippen LogP contribution in [0, 0.1) is 5.82 Å². The second-order valence-corrected chi connectivity index (χ2v) is 6.38. The van der Waals surface area contributed by atoms with Crippen LogP contribution in [-0.2, 0) is 16.4 Å². The molecule has 0 radical (unpaired) electrons. The van der Waals surface area contributed by atoms with Crippen molar-refractivity contribution in [2.24, 2.45) is 0 Å². The van der Waals surface area contributed by atoms with Gasteiger partial charge < -0.3 is 0 Å². The SMILES string of the molecule is O=S(=O)(NCCc1ccccc1)c1ccc(Cl)cc1F. The Kier molecular flexibility index (Phi) is 4.75. The largest absolute Gasteiger partial charge is 0.243 e. The molecule has 0 spiro atoms. The van der Waals surface area contributed by atoms with Crippen molar-refractivity contribution in [3.05, 3.63) is 64.9 Å². The molecule has 6 heteroatoms. The molecule has 0 amide bonds. The van der Waals surface area contributed by atoms with Crippen molar-refractivity contribution in [2.45, 2.75) is 11.3 Å². The number of nitrogens with one attached hydrogen (secondary N) is 1. The Bertz CT molecular complexity index is 690. The summed E-state index contributed by atoms with van der Waals surface area (Å²) < 4.78 is 39.9. The lowest BCUT2D eigenvalue weighted by Crippen LogP contribution is -2.26. The molecule has 0 unspecified atom stereocenters. The highest BCUT2D eigenvalue weighted by Gasteiger charge is 2.18. The molecule has 106 valence electrons. The van der Waals surface area contributed by atoms with E-state index in [4.69, 9.17) is 11.6 Å². The van der Waals surface area contributed by atoms with Crippen LogP contribution in [0.2, 0.25) is 5.02 Å². The summed E-state index contributed by atoms with van der Waals surface area (Å²) in [7, 11) is -3.86. The first-order valence-electron chi connectivity index (χ1n) is 5.98. The minimum Gasteiger partial charge on any atom is -0.211 e. The highest BCUT2D eigenvalue weighted by atomic mass is 35.5. The van der Waals surface area contributed by atoms with Gasteiger partial charge in [-0.1, -0.05) is 41.9 Å². The quantitative estimate of drug-likeness (QED) is 0.922. The Balaban J connectivity index is 2.04. The van der Waals surface area contributed by atoms with E-state index in [1.807, 2.05) is 30.3 Å². The van der Waals surface area contributed by atoms with Crippen LogP contribution in [0.3, 0.4) is 0 Å². The van der Waals surface area contributed by atoms with E-state index in [2.05, 4.69) is 4.72 Å². The van der Waals surface area contributed by atoms with Gasteiger partial charge in [-0.15, -0.1) is 0 Å². The molecule has 2 aromatic rings. The van der Waals surface area contributed by atoms with Crippen LogP contribution in [0.4, 0.5) is 4.39 Å². The van der Waals surface area contributed by atoms with Crippen molar-refractivity contribution < 1.29 is 12.8 Å². The van der Waals surface area contributed by atoms with Crippen molar-refractivity contribution in [3.63, 3.8) is 0 Å². The molecule has 0 aliphatic carbocycles. The molecule has 0 aliphatic rings. The highest BCUT2D eigenvalue weighted by Crippen LogP contribution is 2.18. The average molecular weight is 314 g/mol. The minimum absolute atomic E-state index is 0.158. The number of halogens is 2. The fourth-order valence-corrected chi connectivity index (χ4v) is 2.99. The van der Waals surface area contributed by atoms with Crippen LogP contribution in [0.15, 0.2) is 53.4 Å². The van der Waals surface area contributed by atoms with E-state index in [0.29, 0.717) is 6.42 Å². The Hall–Kier alpha value is -1.43. The molecule has 2 aromatic carbocycles. The molecule has 2 rings (SSSR count). The van der Waals surface area contributed by atoms with Gasteiger partial charge in [0.1, 0.15) is 10.7 Å². The second kappa shape index (κ2) is 6.35. The molecular formula is C14H13ClFNO2S. The Morgan fingerprint density at radius 3 is 2.45 bits per heavy atom. The predicted molar refractivity (Wildman–Crippen MR) is 76.7 cm³/mol. The zero-order valence-electron chi connectivity index (χ0n) is 10.5. The monoisotopic (exact) mass is 313 g/mol. The Morgan fingerprint density at radius 1 is 1.10 bits per heavy atom. The van der Waals surface area contributed by atoms with Crippen LogP contribution < -0.4 is 4.72 Å². The summed E-state index contributed by atoms with van der Waals surface area (Å²) in [6, 6.07) is 12.9. The van der Waals surface area contributed by atoms with Gasteiger partial charge in [-0.3, -0.25) is 0 Å². The van der Waals surface area contributed by atoms with Gasteiger partial charge >= 0.3 is 0 Å². The van der Waals surface area contributed by atoms with Gasteiger partial charge in [0.15, 0.2) is 0 Å². The molecule has 0 aromatic heterocycles. The number of benzene rings is 2. The van der Waals surface area contributed by atoms with Gasteiger partial charge in [-0.25, -0.2) is 17.5 Å². The number of rotatable bonds is 5. The average Bonchev–Trinajstić information content (AvgIpc) is 2.39. The van der Waals surface area contributed by atoms with E-state index in [0.717, 1.165) is 17.7 Å². The van der Waals surface area contributed by atoms with Crippen molar-refractivity contribution in [1.82, 2.24) is 4.72 Å². The van der Waals surface area contributed by atoms with Gasteiger partial charge in [-0.2, -0.15) is 0 Å². The first kappa shape index (κ1) is 15.0. The van der Waals surface area contributed by atoms with Gasteiger partial charge in [-0.05, 0) is 30.2 Å². The predicted octanol–water partition coefficient (Wildman–Crippen LogP) is 3.00. The van der Waals surface area contributed by atoms with Crippen LogP contribution in [0.25, 0.3) is 0 Å². The van der Waals surface area contributed by atoms with Crippen molar-refractivity contribution in [3.8, 4) is 0 Å². The maximum absolute atomic E-state index is 13.6. The molecule has 3 nitrogen and oxygen atoms in total. The zero-order chi connectivity index (χ0) is 14.6. The summed E-state index contributed by atoms with van der Waals surface area (Å²) in [4.78, 5) is -0.394. The van der Waals surface area contributed by atoms with Crippen molar-refractivity contribution in [2.75, 3.05) is 6.54 Å². The summed E-state index contributed by atoms with van der Waals surface area (Å²) >= 11 is 5.60. The number of hydrogen-bond acceptors (Lipinski definition) is 2. The third-order valence-corrected chi connectivity index (χ3v) is 4.46. The standard InChI is InChI=1S/C14H13ClFNO2S/c15-12-6-7-14(13(16)10-12)20(18,19)17-9-8-11-4-2-1-3-5-11/h1-7,10,17H,8-9H2. The van der Waals surface area contributed by atoms with Gasteiger partial charge in [0.2, 0.25) is 10.0 Å². The second-order valence-electron chi connectivity index (χ2n) is 4.21. The lowest BCUT2D eigenvalue weighted by molar-refractivity contribution is 0.557. The summed E-state index contributed by atoms with van der Waals surface area (Å²) in [5.41, 5.74) is 1.01. The van der Waals surface area contributed by atoms with Crippen LogP contribution in [0.1, 0.15) is 5.56 Å². The normalized spacial score (nSPS) is 11.5. The minimum atomic E-state index is -3.86. The van der Waals surface area contributed by atoms with Crippen LogP contribution >= 0.6 is 11.6 Å². The maximum Gasteiger partial charge on any atom is 0.243 e. The van der Waals surface area contributed by atoms with Crippen LogP contribution in [-0.4, -0.2) is 15.0 Å². The van der Waals surface area contributed by atoms with E-state index in [1.165, 1.54) is 6.07 Å². The molecule has 1 N–H and O–H groups in total. The molecule has 0 heterocycles. The van der Waals surface area contributed by atoms with E-state index in [9.17, 15) is 12.8 Å². The topological polar surface area (TPSA) is 46.2 Å². The van der Waals surface area contributed by atoms with E-state index < -0.39 is 20.7 Å². The molecular weight excluding hydrogens is 301 g/mol. The first-order chi connectivity index (χ1) is 9.49. The summed E-state index contributed by atoms with van der Waals surface area (Å²) in [5, 5.41) is 0.158. The van der Waals surface area contributed by atoms with E-state index >= 15 is 0 Å². The third kappa shape index (κ3) is 3.79. The maximum atomic E-state index is 13.6. The molecule has 0 aliphatic heterocycles. The molecule has 0 bridgehead atoms. The summed E-state index contributed by atoms with van der Waals surface area (Å²) in [6.45, 7) is 0.203. The number of hydrogen-bond donors (Lipinski definition) is 1. The lowest BCUT2D eigenvalue weighted by Gasteiger charge is -2.08. The number of sulfonamides is 1. The molecule has 0 saturated heterocycles. The van der Waals surface area contributed by atoms with E-state index in [1.54, 1.807) is 0 Å². The fourth-order valence-electron chi connectivity index (χ4n) is 1.75. The van der Waals surface area contributed by atoms with Crippen molar-refractivity contribution in [1.29, 1.82) is 0 Å². The lowest BCUT2D eigenvalue weighted by atomic mass is 10.2. The highest BCUT2D eigenvalue weighted by molar-refractivity contribution is 7.89. The van der Waals surface area contributed by atoms with Gasteiger partial charge in [0.25, 0.3) is 0 Å². The molecule has 0 atom stereocenters. The van der Waals surface area contributed by atoms with Gasteiger partial charge in [0.05, 0.1) is 0 Å². The van der Waals surface area contributed by atoms with Crippen molar-refractivity contribution >= 4 is 21.6 Å². The fraction of sp³-hybridized carbons (Fsp3) is 0.143. The Labute approximate surface area is 122 Å². The molecule has 20 heavy (non-hydrogen) atoms. The molecule has 0 fully saturated rings. The smallest absolute Gasteiger partial charge is 0.211 e. The Morgan fingerprint density at radius 2 is 1.80 bits per heavy atom. The summed E-state index contributed by atoms with van der Waals surface area (Å²) in [6.07, 6.45) is 0.537. The summed E-state index contributed by atoms with van der Waals surface area (Å²) in [5.74, 6) is -0.857.